The van der Waals surface area contributed by atoms with Crippen molar-refractivity contribution in [1.82, 2.24) is 20.5 Å². The maximum atomic E-state index is 13.7. The number of aromatic nitrogens is 1. The first-order valence-electron chi connectivity index (χ1n) is 9.82. The molecule has 0 unspecified atom stereocenters. The van der Waals surface area contributed by atoms with Crippen LogP contribution in [0.4, 0.5) is 4.79 Å². The van der Waals surface area contributed by atoms with Gasteiger partial charge >= 0.3 is 6.03 Å². The number of rotatable bonds is 4. The molecule has 3 aliphatic heterocycles. The zero-order chi connectivity index (χ0) is 19.8. The lowest BCUT2D eigenvalue weighted by atomic mass is 9.74. The predicted octanol–water partition coefficient (Wildman–Crippen LogP) is 1.76. The monoisotopic (exact) mass is 394 g/mol. The highest BCUT2D eigenvalue weighted by atomic mass is 16.7. The summed E-state index contributed by atoms with van der Waals surface area (Å²) in [7, 11) is 0. The highest BCUT2D eigenvalue weighted by Gasteiger charge is 2.56. The van der Waals surface area contributed by atoms with Crippen LogP contribution >= 0.6 is 0 Å². The van der Waals surface area contributed by atoms with E-state index in [0.717, 1.165) is 37.1 Å². The van der Waals surface area contributed by atoms with Crippen LogP contribution in [-0.2, 0) is 16.9 Å². The predicted molar refractivity (Wildman–Crippen MR) is 103 cm³/mol. The largest absolute Gasteiger partial charge is 0.454 e. The molecule has 1 atom stereocenters. The van der Waals surface area contributed by atoms with Crippen LogP contribution in [0.15, 0.2) is 42.7 Å². The molecule has 1 aromatic heterocycles. The standard InChI is InChI=1S/C21H22N4O4/c26-19-21(15-5-8-22-9-6-15,16-2-1-7-23-11-16)24-20(27)25(19)12-14-3-4-17-18(10-14)29-13-28-17/h1-4,7,10-11,15,22H,5-6,8-9,12-13H2,(H,24,27)/t21-/m0/s1. The molecule has 8 nitrogen and oxygen atoms in total. The topological polar surface area (TPSA) is 92.8 Å². The van der Waals surface area contributed by atoms with Crippen LogP contribution in [0.2, 0.25) is 0 Å². The van der Waals surface area contributed by atoms with E-state index in [1.165, 1.54) is 4.90 Å². The second kappa shape index (κ2) is 7.04. The molecule has 1 aromatic carbocycles. The van der Waals surface area contributed by atoms with Gasteiger partial charge in [0.05, 0.1) is 6.54 Å². The van der Waals surface area contributed by atoms with E-state index in [0.29, 0.717) is 11.5 Å². The smallest absolute Gasteiger partial charge is 0.325 e. The number of carbonyl (C=O) groups excluding carboxylic acids is 2. The van der Waals surface area contributed by atoms with Gasteiger partial charge in [0.1, 0.15) is 0 Å². The first-order valence-corrected chi connectivity index (χ1v) is 9.82. The van der Waals surface area contributed by atoms with Gasteiger partial charge in [0, 0.05) is 18.0 Å². The fraction of sp³-hybridized carbons (Fsp3) is 0.381. The number of hydrogen-bond acceptors (Lipinski definition) is 6. The van der Waals surface area contributed by atoms with E-state index in [4.69, 9.17) is 9.47 Å². The van der Waals surface area contributed by atoms with E-state index in [-0.39, 0.29) is 31.2 Å². The average Bonchev–Trinajstić information content (AvgIpc) is 3.33. The second-order valence-electron chi connectivity index (χ2n) is 7.58. The van der Waals surface area contributed by atoms with Crippen LogP contribution < -0.4 is 20.1 Å². The Morgan fingerprint density at radius 1 is 1.14 bits per heavy atom. The first kappa shape index (κ1) is 17.9. The Morgan fingerprint density at radius 2 is 1.97 bits per heavy atom. The minimum absolute atomic E-state index is 0.00570. The lowest BCUT2D eigenvalue weighted by Crippen LogP contribution is -2.53. The summed E-state index contributed by atoms with van der Waals surface area (Å²) in [6.45, 7) is 1.99. The number of piperidine rings is 1. The van der Waals surface area contributed by atoms with E-state index in [1.807, 2.05) is 18.2 Å². The van der Waals surface area contributed by atoms with Crippen molar-refractivity contribution in [3.05, 3.63) is 53.9 Å². The van der Waals surface area contributed by atoms with Gasteiger partial charge in [-0.1, -0.05) is 12.1 Å². The van der Waals surface area contributed by atoms with Gasteiger partial charge in [-0.25, -0.2) is 4.79 Å². The minimum atomic E-state index is -1.08. The molecule has 3 amide bonds. The third-order valence-electron chi connectivity index (χ3n) is 5.98. The molecule has 0 bridgehead atoms. The molecule has 0 aliphatic carbocycles. The van der Waals surface area contributed by atoms with Crippen molar-refractivity contribution in [2.75, 3.05) is 19.9 Å². The fourth-order valence-corrected chi connectivity index (χ4v) is 4.52. The third kappa shape index (κ3) is 2.91. The van der Waals surface area contributed by atoms with Gasteiger partial charge in [-0.2, -0.15) is 0 Å². The number of carbonyl (C=O) groups is 2. The van der Waals surface area contributed by atoms with E-state index in [1.54, 1.807) is 24.5 Å². The van der Waals surface area contributed by atoms with Gasteiger partial charge in [-0.3, -0.25) is 14.7 Å². The van der Waals surface area contributed by atoms with Crippen molar-refractivity contribution >= 4 is 11.9 Å². The third-order valence-corrected chi connectivity index (χ3v) is 5.98. The quantitative estimate of drug-likeness (QED) is 0.768. The second-order valence-corrected chi connectivity index (χ2v) is 7.58. The lowest BCUT2D eigenvalue weighted by Gasteiger charge is -2.37. The number of nitrogens with zero attached hydrogens (tertiary/aromatic N) is 2. The Labute approximate surface area is 168 Å². The molecule has 2 fully saturated rings. The molecular formula is C21H22N4O4. The Balaban J connectivity index is 1.49. The van der Waals surface area contributed by atoms with E-state index in [9.17, 15) is 9.59 Å². The number of fused-ring (bicyclic) bond motifs is 1. The fourth-order valence-electron chi connectivity index (χ4n) is 4.52. The van der Waals surface area contributed by atoms with Crippen LogP contribution in [0.1, 0.15) is 24.0 Å². The molecule has 8 heteroatoms. The Bertz CT molecular complexity index is 945. The van der Waals surface area contributed by atoms with Gasteiger partial charge < -0.3 is 20.1 Å². The van der Waals surface area contributed by atoms with E-state index < -0.39 is 5.54 Å². The van der Waals surface area contributed by atoms with Gasteiger partial charge in [0.25, 0.3) is 5.91 Å². The SMILES string of the molecule is O=C1N[C@](c2cccnc2)(C2CCNCC2)C(=O)N1Cc1ccc2c(c1)OCO2. The van der Waals surface area contributed by atoms with Crippen LogP contribution in [0.5, 0.6) is 11.5 Å². The number of ether oxygens (including phenoxy) is 2. The maximum Gasteiger partial charge on any atom is 0.325 e. The molecule has 0 saturated carbocycles. The summed E-state index contributed by atoms with van der Waals surface area (Å²) >= 11 is 0. The highest BCUT2D eigenvalue weighted by molar-refractivity contribution is 6.07. The summed E-state index contributed by atoms with van der Waals surface area (Å²) < 4.78 is 10.8. The first-order chi connectivity index (χ1) is 14.2. The zero-order valence-electron chi connectivity index (χ0n) is 15.9. The van der Waals surface area contributed by atoms with Crippen LogP contribution in [0, 0.1) is 5.92 Å². The number of imide groups is 1. The Hall–Kier alpha value is -3.13. The zero-order valence-corrected chi connectivity index (χ0v) is 15.9. The highest BCUT2D eigenvalue weighted by Crippen LogP contribution is 2.41. The van der Waals surface area contributed by atoms with Crippen molar-refractivity contribution < 1.29 is 19.1 Å². The number of amides is 3. The van der Waals surface area contributed by atoms with Gasteiger partial charge in [-0.15, -0.1) is 0 Å². The molecule has 0 spiro atoms. The summed E-state index contributed by atoms with van der Waals surface area (Å²) in [5, 5.41) is 6.37. The summed E-state index contributed by atoms with van der Waals surface area (Å²) in [6, 6.07) is 8.77. The summed E-state index contributed by atoms with van der Waals surface area (Å²) in [4.78, 5) is 32.2. The molecule has 2 saturated heterocycles. The van der Waals surface area contributed by atoms with E-state index >= 15 is 0 Å². The molecule has 29 heavy (non-hydrogen) atoms. The van der Waals surface area contributed by atoms with Crippen LogP contribution in [0.3, 0.4) is 0 Å². The molecule has 0 radical (unpaired) electrons. The van der Waals surface area contributed by atoms with Crippen molar-refractivity contribution in [3.63, 3.8) is 0 Å². The van der Waals surface area contributed by atoms with Gasteiger partial charge in [0.15, 0.2) is 17.0 Å². The number of hydrogen-bond donors (Lipinski definition) is 2. The molecule has 3 aliphatic rings. The molecule has 2 N–H and O–H groups in total. The van der Waals surface area contributed by atoms with Crippen LogP contribution in [-0.4, -0.2) is 41.7 Å². The Morgan fingerprint density at radius 3 is 2.76 bits per heavy atom. The number of urea groups is 1. The summed E-state index contributed by atoms with van der Waals surface area (Å²) in [5.41, 5.74) is 0.465. The van der Waals surface area contributed by atoms with Crippen LogP contribution in [0.25, 0.3) is 0 Å². The summed E-state index contributed by atoms with van der Waals surface area (Å²) in [5.74, 6) is 1.09. The van der Waals surface area contributed by atoms with Crippen molar-refractivity contribution in [3.8, 4) is 11.5 Å². The van der Waals surface area contributed by atoms with Gasteiger partial charge in [0.2, 0.25) is 6.79 Å². The molecule has 150 valence electrons. The average molecular weight is 394 g/mol. The van der Waals surface area contributed by atoms with Gasteiger partial charge in [-0.05, 0) is 55.6 Å². The summed E-state index contributed by atoms with van der Waals surface area (Å²) in [6.07, 6.45) is 4.97. The molecule has 5 rings (SSSR count). The normalized spacial score (nSPS) is 24.1. The number of nitrogens with one attached hydrogen (secondary N) is 2. The lowest BCUT2D eigenvalue weighted by molar-refractivity contribution is -0.134. The maximum absolute atomic E-state index is 13.7. The molecule has 2 aromatic rings. The number of benzene rings is 1. The Kier molecular flexibility index (Phi) is 4.35. The molecule has 4 heterocycles. The molecular weight excluding hydrogens is 372 g/mol. The van der Waals surface area contributed by atoms with Crippen molar-refractivity contribution in [2.45, 2.75) is 24.9 Å². The van der Waals surface area contributed by atoms with Crippen molar-refractivity contribution in [1.29, 1.82) is 0 Å². The van der Waals surface area contributed by atoms with Crippen molar-refractivity contribution in [2.24, 2.45) is 5.92 Å². The number of pyridine rings is 1. The minimum Gasteiger partial charge on any atom is -0.454 e. The van der Waals surface area contributed by atoms with E-state index in [2.05, 4.69) is 15.6 Å².